The minimum absolute atomic E-state index is 0.00748. The van der Waals surface area contributed by atoms with Crippen LogP contribution in [0.3, 0.4) is 0 Å². The molecular weight excluding hydrogens is 276 g/mol. The summed E-state index contributed by atoms with van der Waals surface area (Å²) in [5.74, 6) is -1.28. The van der Waals surface area contributed by atoms with Crippen molar-refractivity contribution in [2.45, 2.75) is 26.7 Å². The average molecular weight is 292 g/mol. The fourth-order valence-electron chi connectivity index (χ4n) is 1.94. The number of fused-ring (bicyclic) bond motifs is 1. The molecule has 2 N–H and O–H groups in total. The van der Waals surface area contributed by atoms with Gasteiger partial charge in [0.25, 0.3) is 0 Å². The summed E-state index contributed by atoms with van der Waals surface area (Å²) >= 11 is 1.42. The maximum atomic E-state index is 11.8. The number of aryl methyl sites for hydroxylation is 1. The van der Waals surface area contributed by atoms with Crippen molar-refractivity contribution in [3.8, 4) is 0 Å². The zero-order chi connectivity index (χ0) is 14.7. The molecule has 20 heavy (non-hydrogen) atoms. The largest absolute Gasteiger partial charge is 0.481 e. The van der Waals surface area contributed by atoms with Gasteiger partial charge in [0.1, 0.15) is 0 Å². The lowest BCUT2D eigenvalue weighted by atomic mass is 10.0. The molecule has 1 heterocycles. The van der Waals surface area contributed by atoms with E-state index in [4.69, 9.17) is 5.11 Å². The van der Waals surface area contributed by atoms with Crippen molar-refractivity contribution in [2.75, 3.05) is 5.32 Å². The topological polar surface area (TPSA) is 79.3 Å². The maximum Gasteiger partial charge on any atom is 0.303 e. The molecule has 1 atom stereocenters. The van der Waals surface area contributed by atoms with E-state index >= 15 is 0 Å². The van der Waals surface area contributed by atoms with Crippen molar-refractivity contribution < 1.29 is 14.7 Å². The Morgan fingerprint density at radius 2 is 2.15 bits per heavy atom. The Hall–Kier alpha value is -1.95. The number of carbonyl (C=O) groups is 2. The minimum atomic E-state index is -0.888. The van der Waals surface area contributed by atoms with Gasteiger partial charge in [-0.2, -0.15) is 0 Å². The van der Waals surface area contributed by atoms with Gasteiger partial charge in [0, 0.05) is 12.8 Å². The highest BCUT2D eigenvalue weighted by molar-refractivity contribution is 7.22. The molecule has 0 radical (unpaired) electrons. The van der Waals surface area contributed by atoms with Crippen LogP contribution < -0.4 is 5.32 Å². The molecule has 1 aromatic carbocycles. The summed E-state index contributed by atoms with van der Waals surface area (Å²) in [6.45, 7) is 3.75. The second kappa shape index (κ2) is 6.00. The SMILES string of the molecule is Cc1ccc2nc(NC(=O)CC(C)CC(=O)O)sc2c1. The van der Waals surface area contributed by atoms with E-state index in [0.29, 0.717) is 5.13 Å². The minimum Gasteiger partial charge on any atom is -0.481 e. The molecule has 1 aromatic heterocycles. The van der Waals surface area contributed by atoms with E-state index in [2.05, 4.69) is 10.3 Å². The number of carboxylic acid groups (broad SMARTS) is 1. The number of hydrogen-bond acceptors (Lipinski definition) is 4. The highest BCUT2D eigenvalue weighted by Gasteiger charge is 2.14. The summed E-state index contributed by atoms with van der Waals surface area (Å²) in [4.78, 5) is 26.7. The molecule has 1 unspecified atom stereocenters. The normalized spacial score (nSPS) is 12.3. The second-order valence-electron chi connectivity index (χ2n) is 4.95. The quantitative estimate of drug-likeness (QED) is 0.887. The number of benzene rings is 1. The van der Waals surface area contributed by atoms with Crippen LogP contribution in [-0.2, 0) is 9.59 Å². The van der Waals surface area contributed by atoms with Crippen LogP contribution in [0.2, 0.25) is 0 Å². The highest BCUT2D eigenvalue weighted by Crippen LogP contribution is 2.26. The molecule has 5 nitrogen and oxygen atoms in total. The molecule has 0 bridgehead atoms. The number of thiazole rings is 1. The summed E-state index contributed by atoms with van der Waals surface area (Å²) in [7, 11) is 0. The number of aliphatic carboxylic acids is 1. The lowest BCUT2D eigenvalue weighted by molar-refractivity contribution is -0.138. The first-order valence-corrected chi connectivity index (χ1v) is 7.14. The van der Waals surface area contributed by atoms with Gasteiger partial charge in [-0.3, -0.25) is 9.59 Å². The smallest absolute Gasteiger partial charge is 0.303 e. The Morgan fingerprint density at radius 3 is 2.85 bits per heavy atom. The molecule has 2 aromatic rings. The first-order valence-electron chi connectivity index (χ1n) is 6.33. The Kier molecular flexibility index (Phi) is 4.34. The highest BCUT2D eigenvalue weighted by atomic mass is 32.1. The zero-order valence-electron chi connectivity index (χ0n) is 11.3. The van der Waals surface area contributed by atoms with Crippen LogP contribution in [0.5, 0.6) is 0 Å². The van der Waals surface area contributed by atoms with Crippen molar-refractivity contribution in [1.29, 1.82) is 0 Å². The third-order valence-corrected chi connectivity index (χ3v) is 3.78. The van der Waals surface area contributed by atoms with Gasteiger partial charge in [0.05, 0.1) is 10.2 Å². The predicted octanol–water partition coefficient (Wildman–Crippen LogP) is 3.04. The summed E-state index contributed by atoms with van der Waals surface area (Å²) in [5, 5.41) is 12.0. The van der Waals surface area contributed by atoms with Crippen LogP contribution >= 0.6 is 11.3 Å². The van der Waals surface area contributed by atoms with Crippen molar-refractivity contribution in [1.82, 2.24) is 4.98 Å². The standard InChI is InChI=1S/C14H16N2O3S/c1-8-3-4-10-11(5-8)20-14(15-10)16-12(17)6-9(2)7-13(18)19/h3-5,9H,6-7H2,1-2H3,(H,18,19)(H,15,16,17). The van der Waals surface area contributed by atoms with E-state index in [-0.39, 0.29) is 24.7 Å². The fraction of sp³-hybridized carbons (Fsp3) is 0.357. The van der Waals surface area contributed by atoms with Gasteiger partial charge in [0.2, 0.25) is 5.91 Å². The molecule has 0 spiro atoms. The third kappa shape index (κ3) is 3.77. The molecule has 0 fully saturated rings. The molecule has 0 saturated carbocycles. The lowest BCUT2D eigenvalue weighted by Gasteiger charge is -2.07. The number of anilines is 1. The van der Waals surface area contributed by atoms with Crippen molar-refractivity contribution in [3.63, 3.8) is 0 Å². The molecule has 1 amide bonds. The molecule has 6 heteroatoms. The van der Waals surface area contributed by atoms with Crippen LogP contribution in [0.15, 0.2) is 18.2 Å². The van der Waals surface area contributed by atoms with Gasteiger partial charge in [-0.05, 0) is 30.5 Å². The molecule has 0 saturated heterocycles. The van der Waals surface area contributed by atoms with Crippen LogP contribution in [0.25, 0.3) is 10.2 Å². The Balaban J connectivity index is 2.00. The van der Waals surface area contributed by atoms with Gasteiger partial charge < -0.3 is 10.4 Å². The third-order valence-electron chi connectivity index (χ3n) is 2.85. The Bertz CT molecular complexity index is 651. The van der Waals surface area contributed by atoms with E-state index in [1.165, 1.54) is 11.3 Å². The summed E-state index contributed by atoms with van der Waals surface area (Å²) in [6, 6.07) is 5.92. The Morgan fingerprint density at radius 1 is 1.40 bits per heavy atom. The molecule has 2 rings (SSSR count). The molecule has 0 aliphatic heterocycles. The van der Waals surface area contributed by atoms with Gasteiger partial charge in [-0.25, -0.2) is 4.98 Å². The first kappa shape index (κ1) is 14.5. The summed E-state index contributed by atoms with van der Waals surface area (Å²) < 4.78 is 1.03. The van der Waals surface area contributed by atoms with Gasteiger partial charge in [0.15, 0.2) is 5.13 Å². The van der Waals surface area contributed by atoms with Crippen molar-refractivity contribution in [2.24, 2.45) is 5.92 Å². The van der Waals surface area contributed by atoms with Crippen molar-refractivity contribution in [3.05, 3.63) is 23.8 Å². The number of nitrogens with one attached hydrogen (secondary N) is 1. The van der Waals surface area contributed by atoms with E-state index in [0.717, 1.165) is 15.8 Å². The number of carbonyl (C=O) groups excluding carboxylic acids is 1. The summed E-state index contributed by atoms with van der Waals surface area (Å²) in [5.41, 5.74) is 2.00. The van der Waals surface area contributed by atoms with E-state index < -0.39 is 5.97 Å². The first-order chi connectivity index (χ1) is 9.44. The van der Waals surface area contributed by atoms with Crippen molar-refractivity contribution >= 4 is 38.6 Å². The maximum absolute atomic E-state index is 11.8. The number of nitrogens with zero attached hydrogens (tertiary/aromatic N) is 1. The van der Waals surface area contributed by atoms with Gasteiger partial charge >= 0.3 is 5.97 Å². The average Bonchev–Trinajstić information content (AvgIpc) is 2.68. The molecule has 0 aliphatic rings. The van der Waals surface area contributed by atoms with E-state index in [1.807, 2.05) is 25.1 Å². The van der Waals surface area contributed by atoms with E-state index in [1.54, 1.807) is 6.92 Å². The van der Waals surface area contributed by atoms with Gasteiger partial charge in [-0.15, -0.1) is 0 Å². The monoisotopic (exact) mass is 292 g/mol. The van der Waals surface area contributed by atoms with Crippen LogP contribution in [0, 0.1) is 12.8 Å². The van der Waals surface area contributed by atoms with Crippen LogP contribution in [0.4, 0.5) is 5.13 Å². The molecule has 0 aliphatic carbocycles. The summed E-state index contributed by atoms with van der Waals surface area (Å²) in [6.07, 6.45) is 0.174. The van der Waals surface area contributed by atoms with E-state index in [9.17, 15) is 9.59 Å². The number of rotatable bonds is 5. The molecular formula is C14H16N2O3S. The van der Waals surface area contributed by atoms with Crippen LogP contribution in [0.1, 0.15) is 25.3 Å². The second-order valence-corrected chi connectivity index (χ2v) is 5.98. The number of hydrogen-bond donors (Lipinski definition) is 2. The lowest BCUT2D eigenvalue weighted by Crippen LogP contribution is -2.16. The van der Waals surface area contributed by atoms with Crippen LogP contribution in [-0.4, -0.2) is 22.0 Å². The Labute approximate surface area is 120 Å². The fourth-order valence-corrected chi connectivity index (χ4v) is 2.92. The predicted molar refractivity (Wildman–Crippen MR) is 79.0 cm³/mol. The number of amides is 1. The number of aromatic nitrogens is 1. The number of carboxylic acids is 1. The zero-order valence-corrected chi connectivity index (χ0v) is 12.2. The van der Waals surface area contributed by atoms with Gasteiger partial charge in [-0.1, -0.05) is 24.3 Å². The molecule has 106 valence electrons.